The van der Waals surface area contributed by atoms with Crippen molar-refractivity contribution in [1.82, 2.24) is 31.7 Å². The summed E-state index contributed by atoms with van der Waals surface area (Å²) in [6.45, 7) is 0.808. The average molecular weight is 607 g/mol. The summed E-state index contributed by atoms with van der Waals surface area (Å²) < 4.78 is 62.3. The molecule has 0 aliphatic carbocycles. The second-order valence-electron chi connectivity index (χ2n) is 6.87. The van der Waals surface area contributed by atoms with Gasteiger partial charge in [-0.25, -0.2) is 27.3 Å². The molecule has 3 heterocycles. The second kappa shape index (κ2) is 10.7. The molecule has 1 aliphatic heterocycles. The largest absolute Gasteiger partial charge is 0.450 e. The highest BCUT2D eigenvalue weighted by Crippen LogP contribution is 2.40. The van der Waals surface area contributed by atoms with Crippen molar-refractivity contribution >= 4 is 46.7 Å². The highest BCUT2D eigenvalue weighted by molar-refractivity contribution is 14.0. The van der Waals surface area contributed by atoms with Crippen molar-refractivity contribution in [2.45, 2.75) is 12.8 Å². The number of halogens is 6. The van der Waals surface area contributed by atoms with Crippen LogP contribution in [0.2, 0.25) is 0 Å². The van der Waals surface area contributed by atoms with Crippen LogP contribution in [0.3, 0.4) is 0 Å². The summed E-state index contributed by atoms with van der Waals surface area (Å²) in [5.41, 5.74) is 8.06. The van der Waals surface area contributed by atoms with Crippen LogP contribution in [0.1, 0.15) is 18.2 Å². The molecule has 2 amide bonds. The van der Waals surface area contributed by atoms with Crippen LogP contribution in [0.15, 0.2) is 42.5 Å². The molecule has 1 aliphatic rings. The van der Waals surface area contributed by atoms with E-state index in [2.05, 4.69) is 37.0 Å². The fraction of sp³-hybridized carbons (Fsp3) is 0.158. The molecule has 0 fully saturated rings. The molecule has 0 unspecified atom stereocenters. The van der Waals surface area contributed by atoms with Gasteiger partial charge in [0.05, 0.1) is 23.2 Å². The van der Waals surface area contributed by atoms with E-state index in [-0.39, 0.29) is 63.4 Å². The van der Waals surface area contributed by atoms with E-state index in [1.807, 2.05) is 0 Å². The fourth-order valence-corrected chi connectivity index (χ4v) is 3.02. The van der Waals surface area contributed by atoms with Crippen molar-refractivity contribution in [2.24, 2.45) is 0 Å². The number of fused-ring (bicyclic) bond motifs is 1. The first-order valence-electron chi connectivity index (χ1n) is 9.24. The zero-order valence-electron chi connectivity index (χ0n) is 17.3. The molecular formula is C19H27F5IN7O2. The molecule has 1 aromatic carbocycles. The van der Waals surface area contributed by atoms with Gasteiger partial charge in [-0.3, -0.25) is 4.70 Å². The van der Waals surface area contributed by atoms with Gasteiger partial charge in [0, 0.05) is 49.0 Å². The van der Waals surface area contributed by atoms with Crippen LogP contribution in [-0.2, 0) is 5.92 Å². The van der Waals surface area contributed by atoms with Gasteiger partial charge in [-0.15, -0.1) is 24.0 Å². The Morgan fingerprint density at radius 1 is 1.26 bits per heavy atom. The molecule has 3 aromatic rings. The molecule has 0 bridgehead atoms. The molecule has 15 heteroatoms. The Morgan fingerprint density at radius 3 is 2.59 bits per heavy atom. The number of nitrogens with zero attached hydrogens (tertiary/aromatic N) is 1. The van der Waals surface area contributed by atoms with Gasteiger partial charge in [-0.05, 0) is 6.07 Å². The van der Waals surface area contributed by atoms with Crippen LogP contribution < -0.4 is 31.8 Å². The topological polar surface area (TPSA) is 115 Å². The number of ether oxygens (including phenoxy) is 1. The summed E-state index contributed by atoms with van der Waals surface area (Å²) in [6.07, 6.45) is 3.89. The van der Waals surface area contributed by atoms with Gasteiger partial charge >= 0.3 is 6.03 Å². The minimum Gasteiger partial charge on any atom is -0.450 e. The van der Waals surface area contributed by atoms with E-state index in [9.17, 15) is 22.4 Å². The minimum absolute atomic E-state index is 0. The van der Waals surface area contributed by atoms with Crippen molar-refractivity contribution in [3.63, 3.8) is 0 Å². The molecule has 2 aromatic heterocycles. The number of rotatable bonds is 6. The number of urea groups is 1. The molecule has 0 saturated heterocycles. The van der Waals surface area contributed by atoms with E-state index in [1.165, 1.54) is 12.3 Å². The van der Waals surface area contributed by atoms with E-state index < -0.39 is 34.9 Å². The Kier molecular flexibility index (Phi) is 8.49. The lowest BCUT2D eigenvalue weighted by molar-refractivity contribution is 0.0190. The zero-order valence-corrected chi connectivity index (χ0v) is 19.6. The number of anilines is 1. The smallest absolute Gasteiger partial charge is 0.319 e. The number of benzene rings is 1. The third-order valence-corrected chi connectivity index (χ3v) is 4.46. The lowest BCUT2D eigenvalue weighted by Crippen LogP contribution is -2.36. The predicted octanol–water partition coefficient (Wildman–Crippen LogP) is 5.07. The molecule has 192 valence electrons. The summed E-state index contributed by atoms with van der Waals surface area (Å²) in [6, 6.07) is 2.21. The van der Waals surface area contributed by atoms with E-state index >= 15 is 0 Å². The lowest BCUT2D eigenvalue weighted by atomic mass is 10.1. The lowest BCUT2D eigenvalue weighted by Gasteiger charge is -2.14. The Balaban J connectivity index is -0.00000204. The Morgan fingerprint density at radius 2 is 1.97 bits per heavy atom. The summed E-state index contributed by atoms with van der Waals surface area (Å²) in [5, 5.41) is 4.69. The molecular weight excluding hydrogens is 580 g/mol. The number of carbonyl (C=O) groups excluding carboxylic acids is 1. The van der Waals surface area contributed by atoms with Crippen molar-refractivity contribution in [3.8, 4) is 11.5 Å². The van der Waals surface area contributed by atoms with E-state index in [4.69, 9.17) is 4.74 Å². The molecule has 0 spiro atoms. The van der Waals surface area contributed by atoms with Crippen molar-refractivity contribution in [3.05, 3.63) is 59.7 Å². The highest BCUT2D eigenvalue weighted by atomic mass is 127. The zero-order chi connectivity index (χ0) is 22.9. The number of aromatic nitrogens is 2. The fourth-order valence-electron chi connectivity index (χ4n) is 3.02. The maximum atomic E-state index is 14.6. The first kappa shape index (κ1) is 26.9. The maximum absolute atomic E-state index is 14.6. The number of hydrazine groups is 2. The Labute approximate surface area is 212 Å². The number of amides is 2. The standard InChI is InChI=1S/C19H17F4N7O2.FH.HI.4H2/c1-19(22,23)11-8-25-17-15(11)14(2-3-24-17)32-16-12(20)4-9(5-13(16)21)28-18(31)26-6-10-7-27-30-29-10;;;;;;/h2-5,7-8,27,29-30H,6H2,1H3,(H,24,25)(H2,26,28,31);6*1H. The Hall–Kier alpha value is -3.34. The number of pyridine rings is 1. The molecule has 34 heavy (non-hydrogen) atoms. The van der Waals surface area contributed by atoms with Crippen LogP contribution in [0.5, 0.6) is 11.5 Å². The Bertz CT molecular complexity index is 1210. The molecule has 4 rings (SSSR count). The second-order valence-corrected chi connectivity index (χ2v) is 6.87. The first-order valence-corrected chi connectivity index (χ1v) is 9.24. The number of nitrogens with one attached hydrogen (secondary N) is 6. The predicted molar refractivity (Wildman–Crippen MR) is 133 cm³/mol. The molecule has 0 radical (unpaired) electrons. The van der Waals surface area contributed by atoms with Crippen LogP contribution in [0, 0.1) is 11.6 Å². The van der Waals surface area contributed by atoms with Crippen LogP contribution in [0.25, 0.3) is 11.0 Å². The van der Waals surface area contributed by atoms with Gasteiger partial charge in [0.25, 0.3) is 5.92 Å². The van der Waals surface area contributed by atoms with Gasteiger partial charge in [0.1, 0.15) is 11.4 Å². The summed E-state index contributed by atoms with van der Waals surface area (Å²) in [4.78, 5) is 18.5. The third kappa shape index (κ3) is 5.77. The summed E-state index contributed by atoms with van der Waals surface area (Å²) in [7, 11) is 0. The summed E-state index contributed by atoms with van der Waals surface area (Å²) >= 11 is 0. The van der Waals surface area contributed by atoms with Crippen LogP contribution in [0.4, 0.5) is 32.7 Å². The van der Waals surface area contributed by atoms with Crippen molar-refractivity contribution in [1.29, 1.82) is 0 Å². The van der Waals surface area contributed by atoms with Gasteiger partial charge in [0.2, 0.25) is 0 Å². The molecule has 6 N–H and O–H groups in total. The minimum atomic E-state index is -3.24. The number of hydrogen-bond acceptors (Lipinski definition) is 6. The number of hydrogen-bond donors (Lipinski definition) is 6. The normalized spacial score (nSPS) is 12.6. The van der Waals surface area contributed by atoms with Gasteiger partial charge < -0.3 is 31.2 Å². The average Bonchev–Trinajstić information content (AvgIpc) is 3.39. The van der Waals surface area contributed by atoms with E-state index in [1.54, 1.807) is 6.20 Å². The third-order valence-electron chi connectivity index (χ3n) is 4.46. The van der Waals surface area contributed by atoms with Gasteiger partial charge in [-0.2, -0.15) is 5.53 Å². The molecule has 9 nitrogen and oxygen atoms in total. The number of aromatic amines is 1. The van der Waals surface area contributed by atoms with Crippen LogP contribution >= 0.6 is 24.0 Å². The quantitative estimate of drug-likeness (QED) is 0.172. The SMILES string of the molecule is CC(F)(F)c1c[nH]c2nccc(Oc3c(F)cc(NC(=O)NCC4=CNNN4)cc3F)c12.F.I.[HH].[HH].[HH].[HH]. The summed E-state index contributed by atoms with van der Waals surface area (Å²) in [5.74, 6) is -6.54. The van der Waals surface area contributed by atoms with Gasteiger partial charge in [-0.1, -0.05) is 0 Å². The van der Waals surface area contributed by atoms with Crippen LogP contribution in [-0.4, -0.2) is 22.5 Å². The van der Waals surface area contributed by atoms with E-state index in [0.717, 1.165) is 18.3 Å². The number of alkyl halides is 2. The maximum Gasteiger partial charge on any atom is 0.319 e. The monoisotopic (exact) mass is 607 g/mol. The van der Waals surface area contributed by atoms with Gasteiger partial charge in [0.15, 0.2) is 17.4 Å². The van der Waals surface area contributed by atoms with Crippen molar-refractivity contribution < 1.29 is 37.5 Å². The molecule has 0 saturated carbocycles. The molecule has 0 atom stereocenters. The number of H-pyrrole nitrogens is 1. The number of carbonyl (C=O) groups is 1. The first-order chi connectivity index (χ1) is 15.2. The van der Waals surface area contributed by atoms with Crippen molar-refractivity contribution in [2.75, 3.05) is 11.9 Å². The van der Waals surface area contributed by atoms with E-state index in [0.29, 0.717) is 12.6 Å². The highest BCUT2D eigenvalue weighted by Gasteiger charge is 2.30.